The summed E-state index contributed by atoms with van der Waals surface area (Å²) in [7, 11) is 0. The van der Waals surface area contributed by atoms with Crippen LogP contribution in [0.1, 0.15) is 74.9 Å². The van der Waals surface area contributed by atoms with E-state index < -0.39 is 90.9 Å². The topological polar surface area (TPSA) is 233 Å². The van der Waals surface area contributed by atoms with E-state index in [9.17, 15) is 44.4 Å². The number of amides is 4. The second-order valence-corrected chi connectivity index (χ2v) is 15.7. The van der Waals surface area contributed by atoms with Gasteiger partial charge in [-0.2, -0.15) is 0 Å². The van der Waals surface area contributed by atoms with E-state index in [-0.39, 0.29) is 25.4 Å². The Morgan fingerprint density at radius 2 is 1.11 bits per heavy atom. The number of nitrogens with one attached hydrogen (secondary N) is 4. The molecule has 0 aliphatic heterocycles. The van der Waals surface area contributed by atoms with E-state index in [2.05, 4.69) is 21.3 Å². The van der Waals surface area contributed by atoms with Crippen LogP contribution >= 0.6 is 0 Å². The summed E-state index contributed by atoms with van der Waals surface area (Å²) in [4.78, 5) is 66.8. The molecule has 0 aliphatic rings. The van der Waals surface area contributed by atoms with Crippen LogP contribution in [0.25, 0.3) is 0 Å². The van der Waals surface area contributed by atoms with Crippen LogP contribution in [0.5, 0.6) is 0 Å². The van der Waals surface area contributed by atoms with Gasteiger partial charge in [-0.3, -0.25) is 19.2 Å². The molecule has 0 radical (unpaired) electrons. The largest absolute Gasteiger partial charge is 0.452 e. The first-order valence-electron chi connectivity index (χ1n) is 20.6. The number of rotatable bonds is 22. The number of carbonyl (C=O) groups excluding carboxylic acids is 5. The molecule has 15 heteroatoms. The van der Waals surface area contributed by atoms with Crippen molar-refractivity contribution in [3.8, 4) is 0 Å². The van der Waals surface area contributed by atoms with Gasteiger partial charge in [0.25, 0.3) is 5.91 Å². The molecular weight excluding hydrogens is 797 g/mol. The van der Waals surface area contributed by atoms with Crippen LogP contribution in [0.4, 0.5) is 4.79 Å². The van der Waals surface area contributed by atoms with Gasteiger partial charge < -0.3 is 51.2 Å². The first kappa shape index (κ1) is 48.5. The molecule has 0 saturated heterocycles. The van der Waals surface area contributed by atoms with E-state index in [1.807, 2.05) is 66.7 Å². The van der Waals surface area contributed by atoms with Crippen LogP contribution in [0.15, 0.2) is 121 Å². The summed E-state index contributed by atoms with van der Waals surface area (Å²) in [6.45, 7) is 6.03. The maximum absolute atomic E-state index is 13.6. The molecule has 4 amide bonds. The molecule has 15 nitrogen and oxygen atoms in total. The number of carbonyl (C=O) groups is 5. The molecular formula is C47H58N4O11. The van der Waals surface area contributed by atoms with Crippen molar-refractivity contribution in [1.82, 2.24) is 21.3 Å². The highest BCUT2D eigenvalue weighted by atomic mass is 16.6. The Hall–Kier alpha value is -6.13. The Morgan fingerprint density at radius 3 is 1.61 bits per heavy atom. The second kappa shape index (κ2) is 24.3. The lowest BCUT2D eigenvalue weighted by atomic mass is 9.97. The molecule has 0 aromatic heterocycles. The van der Waals surface area contributed by atoms with Gasteiger partial charge in [0.1, 0.15) is 30.9 Å². The fourth-order valence-corrected chi connectivity index (χ4v) is 6.62. The van der Waals surface area contributed by atoms with Gasteiger partial charge in [-0.05, 0) is 40.5 Å². The van der Waals surface area contributed by atoms with E-state index in [1.54, 1.807) is 82.3 Å². The predicted molar refractivity (Wildman–Crippen MR) is 230 cm³/mol. The predicted octanol–water partition coefficient (Wildman–Crippen LogP) is 3.61. The molecule has 7 atom stereocenters. The van der Waals surface area contributed by atoms with Crippen LogP contribution < -0.4 is 21.3 Å². The molecule has 0 saturated carbocycles. The number of hydrogen-bond acceptors (Lipinski definition) is 11. The Bertz CT molecular complexity index is 1970. The summed E-state index contributed by atoms with van der Waals surface area (Å²) in [5.74, 6) is -3.96. The molecule has 0 aliphatic carbocycles. The number of aliphatic hydroxyl groups is 4. The van der Waals surface area contributed by atoms with Crippen molar-refractivity contribution in [1.29, 1.82) is 0 Å². The first-order chi connectivity index (χ1) is 29.7. The molecule has 0 fully saturated rings. The van der Waals surface area contributed by atoms with Crippen LogP contribution in [-0.4, -0.2) is 93.3 Å². The zero-order chi connectivity index (χ0) is 45.2. The molecule has 0 bridgehead atoms. The monoisotopic (exact) mass is 854 g/mol. The highest BCUT2D eigenvalue weighted by molar-refractivity contribution is 5.91. The van der Waals surface area contributed by atoms with E-state index in [4.69, 9.17) is 9.47 Å². The number of alkyl carbamates (subject to hydrolysis) is 1. The molecule has 62 heavy (non-hydrogen) atoms. The molecule has 8 N–H and O–H groups in total. The van der Waals surface area contributed by atoms with Gasteiger partial charge in [0.15, 0.2) is 12.2 Å². The maximum atomic E-state index is 13.6. The molecule has 0 heterocycles. The SMILES string of the molecule is CC(C)CC(NC(=O)C(NC(=O)OCc1ccccc1)C(C)C)C(=O)NC(CO)C(O)C(O)C(O)C(=O)NC(CC(=O)OC(c1ccccc1)c1ccccc1)c1ccccc1. The Kier molecular flexibility index (Phi) is 19.1. The van der Waals surface area contributed by atoms with E-state index in [0.29, 0.717) is 5.56 Å². The smallest absolute Gasteiger partial charge is 0.408 e. The lowest BCUT2D eigenvalue weighted by Crippen LogP contribution is -2.60. The van der Waals surface area contributed by atoms with Gasteiger partial charge in [0, 0.05) is 0 Å². The fourth-order valence-electron chi connectivity index (χ4n) is 6.62. The molecule has 4 rings (SSSR count). The molecule has 4 aromatic carbocycles. The van der Waals surface area contributed by atoms with Gasteiger partial charge >= 0.3 is 12.1 Å². The Morgan fingerprint density at radius 1 is 0.597 bits per heavy atom. The standard InChI is InChI=1S/C47H58N4O11/c1-29(2)25-36(49-45(58)39(30(3)4)51-47(60)61-28-31-17-9-5-10-18-31)44(57)50-37(27-52)40(54)41(55)42(56)46(59)48-35(32-19-11-6-12-20-32)26-38(53)62-43(33-21-13-7-14-22-33)34-23-15-8-16-24-34/h5-24,29-30,35-37,39-43,52,54-56H,25-28H2,1-4H3,(H,48,59)(H,49,58)(H,50,57)(H,51,60). The van der Waals surface area contributed by atoms with Gasteiger partial charge in [-0.1, -0.05) is 149 Å². The summed E-state index contributed by atoms with van der Waals surface area (Å²) in [5, 5.41) is 53.5. The Labute approximate surface area is 361 Å². The number of aliphatic hydroxyl groups excluding tert-OH is 4. The molecule has 332 valence electrons. The van der Waals surface area contributed by atoms with Crippen LogP contribution in [-0.2, 0) is 35.3 Å². The average molecular weight is 855 g/mol. The third-order valence-electron chi connectivity index (χ3n) is 10.00. The van der Waals surface area contributed by atoms with Crippen molar-refractivity contribution >= 4 is 29.8 Å². The third kappa shape index (κ3) is 14.8. The summed E-state index contributed by atoms with van der Waals surface area (Å²) in [6.07, 6.45) is -8.53. The van der Waals surface area contributed by atoms with E-state index >= 15 is 0 Å². The zero-order valence-corrected chi connectivity index (χ0v) is 35.3. The normalized spacial score (nSPS) is 14.7. The first-order valence-corrected chi connectivity index (χ1v) is 20.6. The summed E-state index contributed by atoms with van der Waals surface area (Å²) in [5.41, 5.74) is 2.66. The number of esters is 1. The third-order valence-corrected chi connectivity index (χ3v) is 10.00. The number of benzene rings is 4. The van der Waals surface area contributed by atoms with Gasteiger partial charge in [0.05, 0.1) is 25.1 Å². The fraction of sp³-hybridized carbons (Fsp3) is 0.383. The summed E-state index contributed by atoms with van der Waals surface area (Å²) in [6, 6.07) is 30.6. The lowest BCUT2D eigenvalue weighted by Gasteiger charge is -2.31. The minimum absolute atomic E-state index is 0.0302. The maximum Gasteiger partial charge on any atom is 0.408 e. The van der Waals surface area contributed by atoms with Crippen molar-refractivity contribution in [2.45, 2.75) is 95.7 Å². The van der Waals surface area contributed by atoms with Gasteiger partial charge in [-0.15, -0.1) is 0 Å². The number of hydrogen-bond donors (Lipinski definition) is 8. The zero-order valence-electron chi connectivity index (χ0n) is 35.3. The van der Waals surface area contributed by atoms with Crippen LogP contribution in [0, 0.1) is 11.8 Å². The van der Waals surface area contributed by atoms with Crippen LogP contribution in [0.3, 0.4) is 0 Å². The van der Waals surface area contributed by atoms with Crippen LogP contribution in [0.2, 0.25) is 0 Å². The van der Waals surface area contributed by atoms with Crippen molar-refractivity contribution in [3.05, 3.63) is 144 Å². The van der Waals surface area contributed by atoms with E-state index in [1.165, 1.54) is 0 Å². The highest BCUT2D eigenvalue weighted by Gasteiger charge is 2.38. The average Bonchev–Trinajstić information content (AvgIpc) is 3.28. The van der Waals surface area contributed by atoms with Crippen molar-refractivity contribution in [2.75, 3.05) is 6.61 Å². The molecule has 4 aromatic rings. The summed E-state index contributed by atoms with van der Waals surface area (Å²) < 4.78 is 11.2. The van der Waals surface area contributed by atoms with E-state index in [0.717, 1.165) is 16.7 Å². The van der Waals surface area contributed by atoms with Crippen molar-refractivity contribution in [2.24, 2.45) is 11.8 Å². The van der Waals surface area contributed by atoms with Crippen molar-refractivity contribution in [3.63, 3.8) is 0 Å². The molecule has 0 spiro atoms. The van der Waals surface area contributed by atoms with Crippen molar-refractivity contribution < 1.29 is 53.9 Å². The lowest BCUT2D eigenvalue weighted by molar-refractivity contribution is -0.149. The van der Waals surface area contributed by atoms with Gasteiger partial charge in [-0.25, -0.2) is 4.79 Å². The minimum atomic E-state index is -2.30. The summed E-state index contributed by atoms with van der Waals surface area (Å²) >= 11 is 0. The highest BCUT2D eigenvalue weighted by Crippen LogP contribution is 2.28. The Balaban J connectivity index is 1.41. The van der Waals surface area contributed by atoms with Gasteiger partial charge in [0.2, 0.25) is 11.8 Å². The minimum Gasteiger partial charge on any atom is -0.452 e. The quantitative estimate of drug-likeness (QED) is 0.0533. The molecule has 7 unspecified atom stereocenters. The number of ether oxygens (including phenoxy) is 2. The second-order valence-electron chi connectivity index (χ2n) is 15.7.